The van der Waals surface area contributed by atoms with Crippen molar-refractivity contribution in [2.75, 3.05) is 0 Å². The van der Waals surface area contributed by atoms with Crippen LogP contribution in [0.4, 0.5) is 0 Å². The maximum atomic E-state index is 3.57. The molecule has 1 nitrogen and oxygen atoms in total. The third-order valence-corrected chi connectivity index (χ3v) is 5.03. The summed E-state index contributed by atoms with van der Waals surface area (Å²) in [4.78, 5) is 2.88. The average Bonchev–Trinajstić information content (AvgIpc) is 2.88. The van der Waals surface area contributed by atoms with Crippen LogP contribution < -0.4 is 5.32 Å². The van der Waals surface area contributed by atoms with Gasteiger partial charge in [-0.15, -0.1) is 11.3 Å². The Morgan fingerprint density at radius 1 is 0.950 bits per heavy atom. The van der Waals surface area contributed by atoms with Gasteiger partial charge < -0.3 is 5.32 Å². The zero-order valence-electron chi connectivity index (χ0n) is 13.0. The number of aryl methyl sites for hydroxylation is 1. The van der Waals surface area contributed by atoms with E-state index in [1.165, 1.54) is 20.9 Å². The van der Waals surface area contributed by atoms with Gasteiger partial charge in [0.25, 0.3) is 0 Å². The molecular formula is C18H25NS. The second-order valence-corrected chi connectivity index (χ2v) is 7.41. The van der Waals surface area contributed by atoms with Gasteiger partial charge in [0.15, 0.2) is 0 Å². The van der Waals surface area contributed by atoms with E-state index in [1.807, 2.05) is 11.3 Å². The molecule has 0 fully saturated rings. The molecule has 20 heavy (non-hydrogen) atoms. The first-order valence-corrected chi connectivity index (χ1v) is 8.19. The van der Waals surface area contributed by atoms with Crippen molar-refractivity contribution in [3.8, 4) is 0 Å². The average molecular weight is 287 g/mol. The smallest absolute Gasteiger partial charge is 0.0303 e. The van der Waals surface area contributed by atoms with Crippen LogP contribution in [0, 0.1) is 0 Å². The Morgan fingerprint density at radius 3 is 2.25 bits per heavy atom. The highest BCUT2D eigenvalue weighted by atomic mass is 32.1. The van der Waals surface area contributed by atoms with E-state index < -0.39 is 0 Å². The van der Waals surface area contributed by atoms with Gasteiger partial charge in [-0.1, -0.05) is 52.0 Å². The van der Waals surface area contributed by atoms with E-state index in [0.717, 1.165) is 19.5 Å². The van der Waals surface area contributed by atoms with Crippen molar-refractivity contribution in [2.24, 2.45) is 0 Å². The van der Waals surface area contributed by atoms with Crippen molar-refractivity contribution >= 4 is 11.3 Å². The van der Waals surface area contributed by atoms with E-state index in [2.05, 4.69) is 69.4 Å². The molecular weight excluding hydrogens is 262 g/mol. The lowest BCUT2D eigenvalue weighted by Gasteiger charge is -2.15. The van der Waals surface area contributed by atoms with Crippen LogP contribution in [0.1, 0.15) is 48.6 Å². The molecule has 0 saturated carbocycles. The Balaban J connectivity index is 1.91. The quantitative estimate of drug-likeness (QED) is 0.825. The van der Waals surface area contributed by atoms with Crippen LogP contribution in [0.2, 0.25) is 0 Å². The minimum atomic E-state index is 0.262. The van der Waals surface area contributed by atoms with Gasteiger partial charge in [0, 0.05) is 22.8 Å². The standard InChI is InChI=1S/C18H25NS/c1-5-14-8-6-7-9-15(14)12-19-13-16-10-11-17(20-16)18(2,3)4/h6-11,19H,5,12-13H2,1-4H3. The molecule has 2 heteroatoms. The van der Waals surface area contributed by atoms with Gasteiger partial charge in [0.05, 0.1) is 0 Å². The summed E-state index contributed by atoms with van der Waals surface area (Å²) in [5.41, 5.74) is 3.13. The number of nitrogens with one attached hydrogen (secondary N) is 1. The van der Waals surface area contributed by atoms with Crippen molar-refractivity contribution in [3.05, 3.63) is 57.3 Å². The molecule has 1 aromatic heterocycles. The Morgan fingerprint density at radius 2 is 1.65 bits per heavy atom. The molecule has 0 aliphatic rings. The maximum Gasteiger partial charge on any atom is 0.0303 e. The lowest BCUT2D eigenvalue weighted by atomic mass is 9.95. The molecule has 2 aromatic rings. The lowest BCUT2D eigenvalue weighted by Crippen LogP contribution is -2.13. The Kier molecular flexibility index (Phi) is 5.00. The highest BCUT2D eigenvalue weighted by Gasteiger charge is 2.15. The van der Waals surface area contributed by atoms with Gasteiger partial charge >= 0.3 is 0 Å². The molecule has 2 rings (SSSR count). The molecule has 0 radical (unpaired) electrons. The highest BCUT2D eigenvalue weighted by molar-refractivity contribution is 7.12. The van der Waals surface area contributed by atoms with E-state index in [1.54, 1.807) is 0 Å². The van der Waals surface area contributed by atoms with Crippen molar-refractivity contribution in [1.82, 2.24) is 5.32 Å². The van der Waals surface area contributed by atoms with Crippen molar-refractivity contribution in [2.45, 2.75) is 52.6 Å². The molecule has 0 unspecified atom stereocenters. The van der Waals surface area contributed by atoms with E-state index >= 15 is 0 Å². The first-order valence-electron chi connectivity index (χ1n) is 7.37. The van der Waals surface area contributed by atoms with Crippen LogP contribution >= 0.6 is 11.3 Å². The summed E-state index contributed by atoms with van der Waals surface area (Å²) in [6, 6.07) is 13.2. The predicted octanol–water partition coefficient (Wildman–Crippen LogP) is 4.90. The number of hydrogen-bond donors (Lipinski definition) is 1. The molecule has 0 saturated heterocycles. The number of thiophene rings is 1. The third-order valence-electron chi connectivity index (χ3n) is 3.51. The van der Waals surface area contributed by atoms with E-state index in [0.29, 0.717) is 0 Å². The third kappa shape index (κ3) is 3.94. The highest BCUT2D eigenvalue weighted by Crippen LogP contribution is 2.29. The largest absolute Gasteiger partial charge is 0.308 e. The molecule has 0 aliphatic heterocycles. The second-order valence-electron chi connectivity index (χ2n) is 6.24. The molecule has 0 bridgehead atoms. The Bertz CT molecular complexity index is 549. The number of benzene rings is 1. The summed E-state index contributed by atoms with van der Waals surface area (Å²) in [6.07, 6.45) is 1.10. The molecule has 0 amide bonds. The van der Waals surface area contributed by atoms with Crippen LogP contribution in [0.5, 0.6) is 0 Å². The molecule has 1 heterocycles. The maximum absolute atomic E-state index is 3.57. The summed E-state index contributed by atoms with van der Waals surface area (Å²) in [7, 11) is 0. The Hall–Kier alpha value is -1.12. The number of rotatable bonds is 5. The zero-order chi connectivity index (χ0) is 14.6. The fraction of sp³-hybridized carbons (Fsp3) is 0.444. The van der Waals surface area contributed by atoms with Gasteiger partial charge in [-0.3, -0.25) is 0 Å². The fourth-order valence-corrected chi connectivity index (χ4v) is 3.31. The zero-order valence-corrected chi connectivity index (χ0v) is 13.8. The summed E-state index contributed by atoms with van der Waals surface area (Å²) >= 11 is 1.92. The summed E-state index contributed by atoms with van der Waals surface area (Å²) < 4.78 is 0. The minimum absolute atomic E-state index is 0.262. The lowest BCUT2D eigenvalue weighted by molar-refractivity contribution is 0.604. The van der Waals surface area contributed by atoms with Crippen LogP contribution in [0.15, 0.2) is 36.4 Å². The fourth-order valence-electron chi connectivity index (χ4n) is 2.27. The van der Waals surface area contributed by atoms with E-state index in [-0.39, 0.29) is 5.41 Å². The normalized spacial score (nSPS) is 11.8. The molecule has 1 aromatic carbocycles. The second kappa shape index (κ2) is 6.55. The van der Waals surface area contributed by atoms with Crippen molar-refractivity contribution < 1.29 is 0 Å². The van der Waals surface area contributed by atoms with Gasteiger partial charge in [-0.05, 0) is 35.1 Å². The molecule has 0 spiro atoms. The van der Waals surface area contributed by atoms with E-state index in [9.17, 15) is 0 Å². The van der Waals surface area contributed by atoms with Crippen LogP contribution in [0.3, 0.4) is 0 Å². The van der Waals surface area contributed by atoms with Crippen molar-refractivity contribution in [3.63, 3.8) is 0 Å². The molecule has 1 N–H and O–H groups in total. The van der Waals surface area contributed by atoms with E-state index in [4.69, 9.17) is 0 Å². The first kappa shape index (κ1) is 15.3. The SMILES string of the molecule is CCc1ccccc1CNCc1ccc(C(C)(C)C)s1. The van der Waals surface area contributed by atoms with Crippen LogP contribution in [-0.4, -0.2) is 0 Å². The topological polar surface area (TPSA) is 12.0 Å². The monoisotopic (exact) mass is 287 g/mol. The van der Waals surface area contributed by atoms with Crippen LogP contribution in [-0.2, 0) is 24.9 Å². The number of hydrogen-bond acceptors (Lipinski definition) is 2. The van der Waals surface area contributed by atoms with Crippen LogP contribution in [0.25, 0.3) is 0 Å². The Labute approximate surface area is 127 Å². The molecule has 108 valence electrons. The van der Waals surface area contributed by atoms with Gasteiger partial charge in [0.2, 0.25) is 0 Å². The van der Waals surface area contributed by atoms with Gasteiger partial charge in [-0.25, -0.2) is 0 Å². The summed E-state index contributed by atoms with van der Waals surface area (Å²) in [6.45, 7) is 10.9. The van der Waals surface area contributed by atoms with Gasteiger partial charge in [-0.2, -0.15) is 0 Å². The first-order chi connectivity index (χ1) is 9.50. The minimum Gasteiger partial charge on any atom is -0.308 e. The molecule has 0 atom stereocenters. The van der Waals surface area contributed by atoms with Gasteiger partial charge in [0.1, 0.15) is 0 Å². The van der Waals surface area contributed by atoms with Crippen molar-refractivity contribution in [1.29, 1.82) is 0 Å². The summed E-state index contributed by atoms with van der Waals surface area (Å²) in [5, 5.41) is 3.57. The summed E-state index contributed by atoms with van der Waals surface area (Å²) in [5.74, 6) is 0. The predicted molar refractivity (Wildman–Crippen MR) is 89.4 cm³/mol. The molecule has 0 aliphatic carbocycles.